The summed E-state index contributed by atoms with van der Waals surface area (Å²) in [5, 5.41) is 3.11. The summed E-state index contributed by atoms with van der Waals surface area (Å²) in [6, 6.07) is 0. The molecule has 1 aromatic rings. The smallest absolute Gasteiger partial charge is 0.0945 e. The average Bonchev–Trinajstić information content (AvgIpc) is 2.49. The van der Waals surface area contributed by atoms with Crippen LogP contribution >= 0.6 is 12.2 Å². The van der Waals surface area contributed by atoms with Crippen LogP contribution in [0.25, 0.3) is 0 Å². The van der Waals surface area contributed by atoms with Gasteiger partial charge in [0.15, 0.2) is 0 Å². The number of nitrogens with one attached hydrogen (secondary N) is 1. The highest BCUT2D eigenvalue weighted by Gasteiger charge is 1.89. The fraction of sp³-hybridized carbons (Fsp3) is 0.500. The molecule has 66 valence electrons. The highest BCUT2D eigenvalue weighted by atomic mass is 32.1. The fourth-order valence-corrected chi connectivity index (χ4v) is 1.05. The van der Waals surface area contributed by atoms with Crippen molar-refractivity contribution in [3.8, 4) is 0 Å². The van der Waals surface area contributed by atoms with Crippen LogP contribution in [-0.2, 0) is 6.54 Å². The Hall–Kier alpha value is -0.900. The Labute approximate surface area is 77.8 Å². The summed E-state index contributed by atoms with van der Waals surface area (Å²) in [5.41, 5.74) is 0. The van der Waals surface area contributed by atoms with Crippen molar-refractivity contribution in [3.05, 3.63) is 18.7 Å². The molecule has 1 heterocycles. The Morgan fingerprint density at radius 2 is 2.50 bits per heavy atom. The third-order valence-corrected chi connectivity index (χ3v) is 1.67. The molecule has 1 rings (SSSR count). The first kappa shape index (κ1) is 9.19. The highest BCUT2D eigenvalue weighted by molar-refractivity contribution is 7.80. The summed E-state index contributed by atoms with van der Waals surface area (Å²) in [6.45, 7) is 3.83. The van der Waals surface area contributed by atoms with Crippen LogP contribution in [0.2, 0.25) is 0 Å². The second-order valence-corrected chi connectivity index (χ2v) is 3.25. The van der Waals surface area contributed by atoms with E-state index < -0.39 is 0 Å². The van der Waals surface area contributed by atoms with E-state index in [1.54, 1.807) is 6.20 Å². The van der Waals surface area contributed by atoms with Gasteiger partial charge in [-0.1, -0.05) is 12.2 Å². The summed E-state index contributed by atoms with van der Waals surface area (Å²) in [5.74, 6) is 0. The number of hydrogen-bond donors (Lipinski definition) is 1. The summed E-state index contributed by atoms with van der Waals surface area (Å²) in [7, 11) is 0. The number of hydrogen-bond acceptors (Lipinski definition) is 2. The van der Waals surface area contributed by atoms with Gasteiger partial charge in [0.2, 0.25) is 0 Å². The molecule has 0 aliphatic rings. The minimum Gasteiger partial charge on any atom is -0.380 e. The Kier molecular flexibility index (Phi) is 3.73. The number of rotatable bonds is 4. The predicted octanol–water partition coefficient (Wildman–Crippen LogP) is 1.21. The van der Waals surface area contributed by atoms with Crippen molar-refractivity contribution >= 4 is 17.2 Å². The Morgan fingerprint density at radius 1 is 1.67 bits per heavy atom. The number of aromatic nitrogens is 2. The van der Waals surface area contributed by atoms with E-state index >= 15 is 0 Å². The van der Waals surface area contributed by atoms with Crippen molar-refractivity contribution in [1.29, 1.82) is 0 Å². The van der Waals surface area contributed by atoms with Crippen molar-refractivity contribution in [3.63, 3.8) is 0 Å². The van der Waals surface area contributed by atoms with Crippen LogP contribution in [0.4, 0.5) is 0 Å². The second kappa shape index (κ2) is 4.87. The van der Waals surface area contributed by atoms with Crippen LogP contribution in [0.3, 0.4) is 0 Å². The zero-order valence-electron chi connectivity index (χ0n) is 7.16. The van der Waals surface area contributed by atoms with Crippen molar-refractivity contribution in [2.45, 2.75) is 19.9 Å². The lowest BCUT2D eigenvalue weighted by Gasteiger charge is -2.03. The van der Waals surface area contributed by atoms with Gasteiger partial charge in [-0.15, -0.1) is 0 Å². The maximum atomic E-state index is 4.88. The molecule has 0 saturated heterocycles. The van der Waals surface area contributed by atoms with E-state index in [4.69, 9.17) is 12.2 Å². The first-order chi connectivity index (χ1) is 5.79. The van der Waals surface area contributed by atoms with Crippen molar-refractivity contribution < 1.29 is 0 Å². The maximum Gasteiger partial charge on any atom is 0.0945 e. The molecule has 1 N–H and O–H groups in total. The lowest BCUT2D eigenvalue weighted by Crippen LogP contribution is -2.20. The maximum absolute atomic E-state index is 4.88. The van der Waals surface area contributed by atoms with Gasteiger partial charge < -0.3 is 9.88 Å². The Morgan fingerprint density at radius 3 is 3.08 bits per heavy atom. The van der Waals surface area contributed by atoms with Gasteiger partial charge in [-0.3, -0.25) is 0 Å². The first-order valence-electron chi connectivity index (χ1n) is 3.99. The molecular formula is C8H13N3S. The van der Waals surface area contributed by atoms with Gasteiger partial charge in [-0.2, -0.15) is 0 Å². The summed E-state index contributed by atoms with van der Waals surface area (Å²) >= 11 is 4.88. The van der Waals surface area contributed by atoms with E-state index in [0.29, 0.717) is 0 Å². The lowest BCUT2D eigenvalue weighted by atomic mass is 10.4. The predicted molar refractivity (Wildman–Crippen MR) is 53.1 cm³/mol. The average molecular weight is 183 g/mol. The van der Waals surface area contributed by atoms with Gasteiger partial charge in [0.25, 0.3) is 0 Å². The zero-order chi connectivity index (χ0) is 8.81. The molecule has 4 heteroatoms. The molecule has 1 aromatic heterocycles. The molecule has 0 spiro atoms. The molecule has 0 unspecified atom stereocenters. The first-order valence-corrected chi connectivity index (χ1v) is 4.40. The standard InChI is InChI=1S/C8H13N3S/c1-8(12)10-3-2-5-11-6-4-9-7-11/h4,6-7H,2-3,5H2,1H3,(H,10,12). The van der Waals surface area contributed by atoms with E-state index in [-0.39, 0.29) is 0 Å². The van der Waals surface area contributed by atoms with Crippen LogP contribution < -0.4 is 5.32 Å². The summed E-state index contributed by atoms with van der Waals surface area (Å²) in [4.78, 5) is 4.81. The largest absolute Gasteiger partial charge is 0.380 e. The third kappa shape index (κ3) is 3.48. The van der Waals surface area contributed by atoms with Crippen LogP contribution in [0.15, 0.2) is 18.7 Å². The molecule has 3 nitrogen and oxygen atoms in total. The number of thiocarbonyl (C=S) groups is 1. The SMILES string of the molecule is CC(=S)NCCCn1ccnc1. The van der Waals surface area contributed by atoms with Gasteiger partial charge in [-0.25, -0.2) is 4.98 Å². The number of imidazole rings is 1. The van der Waals surface area contributed by atoms with E-state index in [2.05, 4.69) is 14.9 Å². The molecule has 0 aliphatic carbocycles. The van der Waals surface area contributed by atoms with Crippen molar-refractivity contribution in [2.24, 2.45) is 0 Å². The number of nitrogens with zero attached hydrogens (tertiary/aromatic N) is 2. The molecule has 0 aliphatic heterocycles. The normalized spacial score (nSPS) is 9.75. The van der Waals surface area contributed by atoms with Gasteiger partial charge in [-0.05, 0) is 13.3 Å². The molecule has 0 amide bonds. The van der Waals surface area contributed by atoms with Crippen LogP contribution in [-0.4, -0.2) is 21.1 Å². The van der Waals surface area contributed by atoms with E-state index in [1.807, 2.05) is 19.4 Å². The Bertz CT molecular complexity index is 230. The van der Waals surface area contributed by atoms with Gasteiger partial charge >= 0.3 is 0 Å². The summed E-state index contributed by atoms with van der Waals surface area (Å²) in [6.07, 6.45) is 6.65. The van der Waals surface area contributed by atoms with E-state index in [0.717, 1.165) is 24.5 Å². The quantitative estimate of drug-likeness (QED) is 0.562. The molecule has 0 atom stereocenters. The molecule has 0 bridgehead atoms. The summed E-state index contributed by atoms with van der Waals surface area (Å²) < 4.78 is 2.06. The van der Waals surface area contributed by atoms with Gasteiger partial charge in [0, 0.05) is 25.5 Å². The molecule has 12 heavy (non-hydrogen) atoms. The zero-order valence-corrected chi connectivity index (χ0v) is 7.97. The van der Waals surface area contributed by atoms with Gasteiger partial charge in [0.05, 0.1) is 11.3 Å². The fourth-order valence-electron chi connectivity index (χ4n) is 0.945. The lowest BCUT2D eigenvalue weighted by molar-refractivity contribution is 0.631. The molecular weight excluding hydrogens is 170 g/mol. The van der Waals surface area contributed by atoms with E-state index in [1.165, 1.54) is 0 Å². The topological polar surface area (TPSA) is 29.9 Å². The van der Waals surface area contributed by atoms with Crippen LogP contribution in [0.1, 0.15) is 13.3 Å². The highest BCUT2D eigenvalue weighted by Crippen LogP contribution is 1.88. The molecule has 0 fully saturated rings. The van der Waals surface area contributed by atoms with Crippen LogP contribution in [0.5, 0.6) is 0 Å². The van der Waals surface area contributed by atoms with Crippen molar-refractivity contribution in [1.82, 2.24) is 14.9 Å². The van der Waals surface area contributed by atoms with Crippen LogP contribution in [0, 0.1) is 0 Å². The molecule has 0 saturated carbocycles. The Balaban J connectivity index is 2.07. The minimum absolute atomic E-state index is 0.862. The number of aryl methyl sites for hydroxylation is 1. The minimum atomic E-state index is 0.862. The third-order valence-electron chi connectivity index (χ3n) is 1.53. The molecule has 0 radical (unpaired) electrons. The van der Waals surface area contributed by atoms with Crippen molar-refractivity contribution in [2.75, 3.05) is 6.54 Å². The second-order valence-electron chi connectivity index (χ2n) is 2.64. The van der Waals surface area contributed by atoms with Gasteiger partial charge in [0.1, 0.15) is 0 Å². The van der Waals surface area contributed by atoms with E-state index in [9.17, 15) is 0 Å². The molecule has 0 aromatic carbocycles. The monoisotopic (exact) mass is 183 g/mol.